The van der Waals surface area contributed by atoms with Gasteiger partial charge in [-0.3, -0.25) is 0 Å². The summed E-state index contributed by atoms with van der Waals surface area (Å²) in [4.78, 5) is 9.94. The van der Waals surface area contributed by atoms with E-state index in [1.165, 1.54) is 0 Å². The van der Waals surface area contributed by atoms with Gasteiger partial charge in [0.25, 0.3) is 0 Å². The van der Waals surface area contributed by atoms with Crippen molar-refractivity contribution in [2.45, 2.75) is 36.6 Å². The summed E-state index contributed by atoms with van der Waals surface area (Å²) in [5.74, 6) is 1.36. The second-order valence-corrected chi connectivity index (χ2v) is 5.76. The Hall–Kier alpha value is -1.26. The number of nitrogens with two attached hydrogens (primary N) is 1. The van der Waals surface area contributed by atoms with Crippen molar-refractivity contribution >= 4 is 29.2 Å². The monoisotopic (exact) mass is 293 g/mol. The van der Waals surface area contributed by atoms with Crippen LogP contribution in [0.1, 0.15) is 24.7 Å². The Morgan fingerprint density at radius 3 is 2.79 bits per heavy atom. The summed E-state index contributed by atoms with van der Waals surface area (Å²) < 4.78 is 0. The average Bonchev–Trinajstić information content (AvgIpc) is 2.36. The van der Waals surface area contributed by atoms with Gasteiger partial charge in [0, 0.05) is 21.9 Å². The molecule has 100 valence electrons. The van der Waals surface area contributed by atoms with Crippen LogP contribution in [0.5, 0.6) is 0 Å². The molecule has 0 atom stereocenters. The lowest BCUT2D eigenvalue weighted by Crippen LogP contribution is -2.04. The number of hydrogen-bond acceptors (Lipinski definition) is 4. The van der Waals surface area contributed by atoms with Crippen LogP contribution in [-0.4, -0.2) is 9.97 Å². The summed E-state index contributed by atoms with van der Waals surface area (Å²) in [7, 11) is 0. The molecule has 0 amide bonds. The third-order valence-corrected chi connectivity index (χ3v) is 3.98. The maximum Gasteiger partial charge on any atom is 0.132 e. The molecule has 0 saturated carbocycles. The van der Waals surface area contributed by atoms with Gasteiger partial charge in [-0.1, -0.05) is 36.4 Å². The van der Waals surface area contributed by atoms with Crippen molar-refractivity contribution in [1.29, 1.82) is 0 Å². The Morgan fingerprint density at radius 2 is 2.11 bits per heavy atom. The van der Waals surface area contributed by atoms with Gasteiger partial charge in [-0.25, -0.2) is 9.97 Å². The van der Waals surface area contributed by atoms with Gasteiger partial charge in [-0.2, -0.15) is 0 Å². The van der Waals surface area contributed by atoms with Crippen LogP contribution < -0.4 is 5.73 Å². The number of nitrogen functional groups attached to an aromatic ring is 1. The first-order chi connectivity index (χ1) is 9.10. The molecule has 19 heavy (non-hydrogen) atoms. The molecule has 1 heterocycles. The van der Waals surface area contributed by atoms with E-state index in [2.05, 4.69) is 16.9 Å². The number of rotatable bonds is 4. The molecule has 5 heteroatoms. The van der Waals surface area contributed by atoms with Crippen molar-refractivity contribution in [3.8, 4) is 0 Å². The van der Waals surface area contributed by atoms with Gasteiger partial charge in [0.1, 0.15) is 16.7 Å². The fourth-order valence-corrected chi connectivity index (χ4v) is 2.85. The Kier molecular flexibility index (Phi) is 4.66. The van der Waals surface area contributed by atoms with Crippen LogP contribution >= 0.6 is 23.4 Å². The van der Waals surface area contributed by atoms with Crippen LogP contribution in [0, 0.1) is 6.92 Å². The van der Waals surface area contributed by atoms with Crippen LogP contribution in [0.15, 0.2) is 34.2 Å². The van der Waals surface area contributed by atoms with Gasteiger partial charge in [-0.05, 0) is 31.5 Å². The molecule has 3 nitrogen and oxygen atoms in total. The SMILES string of the molecule is CCCc1nc(N)c(C)c(Sc2cccc(Cl)c2)n1. The molecule has 0 aliphatic rings. The molecule has 0 bridgehead atoms. The highest BCUT2D eigenvalue weighted by atomic mass is 35.5. The van der Waals surface area contributed by atoms with E-state index in [0.717, 1.165) is 39.2 Å². The van der Waals surface area contributed by atoms with E-state index in [9.17, 15) is 0 Å². The van der Waals surface area contributed by atoms with Gasteiger partial charge < -0.3 is 5.73 Å². The van der Waals surface area contributed by atoms with Gasteiger partial charge in [0.2, 0.25) is 0 Å². The van der Waals surface area contributed by atoms with Crippen LogP contribution in [0.25, 0.3) is 0 Å². The smallest absolute Gasteiger partial charge is 0.132 e. The van der Waals surface area contributed by atoms with E-state index in [1.54, 1.807) is 11.8 Å². The molecular formula is C14H16ClN3S. The molecule has 0 radical (unpaired) electrons. The van der Waals surface area contributed by atoms with Crippen molar-refractivity contribution in [2.24, 2.45) is 0 Å². The molecule has 0 fully saturated rings. The van der Waals surface area contributed by atoms with Crippen LogP contribution in [0.3, 0.4) is 0 Å². The standard InChI is InChI=1S/C14H16ClN3S/c1-3-5-12-17-13(16)9(2)14(18-12)19-11-7-4-6-10(15)8-11/h4,6-8H,3,5H2,1-2H3,(H2,16,17,18). The Labute approximate surface area is 122 Å². The third-order valence-electron chi connectivity index (χ3n) is 2.67. The summed E-state index contributed by atoms with van der Waals surface area (Å²) in [5.41, 5.74) is 6.87. The zero-order chi connectivity index (χ0) is 13.8. The van der Waals surface area contributed by atoms with E-state index in [-0.39, 0.29) is 0 Å². The number of benzene rings is 1. The molecule has 1 aromatic heterocycles. The second kappa shape index (κ2) is 6.26. The fourth-order valence-electron chi connectivity index (χ4n) is 1.64. The first-order valence-corrected chi connectivity index (χ1v) is 7.36. The minimum absolute atomic E-state index is 0.558. The highest BCUT2D eigenvalue weighted by molar-refractivity contribution is 7.99. The number of nitrogens with zero attached hydrogens (tertiary/aromatic N) is 2. The van der Waals surface area contributed by atoms with Gasteiger partial charge >= 0.3 is 0 Å². The lowest BCUT2D eigenvalue weighted by Gasteiger charge is -2.09. The number of aromatic nitrogens is 2. The molecule has 0 aliphatic heterocycles. The maximum atomic E-state index is 5.99. The van der Waals surface area contributed by atoms with Gasteiger partial charge in [0.05, 0.1) is 0 Å². The third kappa shape index (κ3) is 3.61. The largest absolute Gasteiger partial charge is 0.383 e. The Balaban J connectivity index is 2.33. The molecule has 0 saturated heterocycles. The van der Waals surface area contributed by atoms with Crippen LogP contribution in [0.2, 0.25) is 5.02 Å². The number of hydrogen-bond donors (Lipinski definition) is 1. The Morgan fingerprint density at radius 1 is 1.32 bits per heavy atom. The summed E-state index contributed by atoms with van der Waals surface area (Å²) in [5, 5.41) is 1.62. The van der Waals surface area contributed by atoms with E-state index >= 15 is 0 Å². The Bertz CT molecular complexity index is 587. The molecule has 1 aromatic carbocycles. The minimum atomic E-state index is 0.558. The maximum absolute atomic E-state index is 5.99. The quantitative estimate of drug-likeness (QED) is 0.861. The van der Waals surface area contributed by atoms with Crippen molar-refractivity contribution in [3.05, 3.63) is 40.7 Å². The summed E-state index contributed by atoms with van der Waals surface area (Å²) >= 11 is 7.56. The van der Waals surface area contributed by atoms with Gasteiger partial charge in [0.15, 0.2) is 0 Å². The molecule has 2 N–H and O–H groups in total. The summed E-state index contributed by atoms with van der Waals surface area (Å²) in [6, 6.07) is 7.71. The van der Waals surface area contributed by atoms with Gasteiger partial charge in [-0.15, -0.1) is 0 Å². The lowest BCUT2D eigenvalue weighted by atomic mass is 10.3. The fraction of sp³-hybridized carbons (Fsp3) is 0.286. The number of halogens is 1. The zero-order valence-corrected chi connectivity index (χ0v) is 12.6. The summed E-state index contributed by atoms with van der Waals surface area (Å²) in [6.07, 6.45) is 1.84. The van der Waals surface area contributed by atoms with E-state index in [0.29, 0.717) is 5.82 Å². The zero-order valence-electron chi connectivity index (χ0n) is 11.0. The molecular weight excluding hydrogens is 278 g/mol. The van der Waals surface area contributed by atoms with Crippen molar-refractivity contribution in [3.63, 3.8) is 0 Å². The highest BCUT2D eigenvalue weighted by Crippen LogP contribution is 2.31. The predicted molar refractivity (Wildman–Crippen MR) is 80.8 cm³/mol. The van der Waals surface area contributed by atoms with Crippen molar-refractivity contribution in [2.75, 3.05) is 5.73 Å². The molecule has 2 aromatic rings. The van der Waals surface area contributed by atoms with Crippen molar-refractivity contribution < 1.29 is 0 Å². The highest BCUT2D eigenvalue weighted by Gasteiger charge is 2.10. The van der Waals surface area contributed by atoms with E-state index < -0.39 is 0 Å². The molecule has 0 unspecified atom stereocenters. The summed E-state index contributed by atoms with van der Waals surface area (Å²) in [6.45, 7) is 4.04. The molecule has 0 spiro atoms. The normalized spacial score (nSPS) is 10.7. The average molecular weight is 294 g/mol. The number of anilines is 1. The minimum Gasteiger partial charge on any atom is -0.383 e. The first kappa shape index (κ1) is 14.2. The van der Waals surface area contributed by atoms with Crippen molar-refractivity contribution in [1.82, 2.24) is 9.97 Å². The van der Waals surface area contributed by atoms with E-state index in [4.69, 9.17) is 17.3 Å². The second-order valence-electron chi connectivity index (χ2n) is 4.26. The predicted octanol–water partition coefficient (Wildman–Crippen LogP) is 4.12. The first-order valence-electron chi connectivity index (χ1n) is 6.16. The van der Waals surface area contributed by atoms with E-state index in [1.807, 2.05) is 31.2 Å². The number of aryl methyl sites for hydroxylation is 1. The lowest BCUT2D eigenvalue weighted by molar-refractivity contribution is 0.806. The molecule has 2 rings (SSSR count). The molecule has 0 aliphatic carbocycles. The van der Waals surface area contributed by atoms with Crippen LogP contribution in [-0.2, 0) is 6.42 Å². The topological polar surface area (TPSA) is 51.8 Å². The van der Waals surface area contributed by atoms with Crippen LogP contribution in [0.4, 0.5) is 5.82 Å².